The highest BCUT2D eigenvalue weighted by molar-refractivity contribution is 5.87. The molecule has 1 aliphatic carbocycles. The van der Waals surface area contributed by atoms with Crippen molar-refractivity contribution in [1.82, 2.24) is 10.2 Å². The molecule has 0 aromatic carbocycles. The quantitative estimate of drug-likeness (QED) is 0.743. The van der Waals surface area contributed by atoms with Crippen molar-refractivity contribution in [2.75, 3.05) is 6.54 Å². The second kappa shape index (κ2) is 4.72. The number of rotatable bonds is 2. The van der Waals surface area contributed by atoms with Crippen LogP contribution >= 0.6 is 0 Å². The fourth-order valence-corrected chi connectivity index (χ4v) is 2.74. The third-order valence-electron chi connectivity index (χ3n) is 3.55. The summed E-state index contributed by atoms with van der Waals surface area (Å²) in [6, 6.07) is -0.165. The van der Waals surface area contributed by atoms with Gasteiger partial charge in [0, 0.05) is 12.6 Å². The van der Waals surface area contributed by atoms with E-state index in [-0.39, 0.29) is 5.91 Å². The maximum Gasteiger partial charge on any atom is 0.405 e. The lowest BCUT2D eigenvalue weighted by Crippen LogP contribution is -2.44. The van der Waals surface area contributed by atoms with Crippen molar-refractivity contribution >= 4 is 12.0 Å². The average molecular weight is 226 g/mol. The summed E-state index contributed by atoms with van der Waals surface area (Å²) < 4.78 is 0. The van der Waals surface area contributed by atoms with Gasteiger partial charge in [0.2, 0.25) is 5.91 Å². The van der Waals surface area contributed by atoms with Crippen molar-refractivity contribution in [1.29, 1.82) is 0 Å². The van der Waals surface area contributed by atoms with Gasteiger partial charge in [0.1, 0.15) is 6.04 Å². The minimum Gasteiger partial charge on any atom is -0.465 e. The SMILES string of the molecule is O=C(O)NC1CCN(C2CCCCC2)C1=O. The number of hydrogen-bond acceptors (Lipinski definition) is 2. The highest BCUT2D eigenvalue weighted by atomic mass is 16.4. The Morgan fingerprint density at radius 3 is 2.56 bits per heavy atom. The molecule has 2 fully saturated rings. The van der Waals surface area contributed by atoms with E-state index in [1.54, 1.807) is 0 Å². The maximum absolute atomic E-state index is 11.9. The Balaban J connectivity index is 1.92. The first kappa shape index (κ1) is 11.2. The number of nitrogens with zero attached hydrogens (tertiary/aromatic N) is 1. The summed E-state index contributed by atoms with van der Waals surface area (Å²) in [6.07, 6.45) is 5.29. The van der Waals surface area contributed by atoms with Gasteiger partial charge >= 0.3 is 6.09 Å². The number of hydrogen-bond donors (Lipinski definition) is 2. The van der Waals surface area contributed by atoms with E-state index in [9.17, 15) is 9.59 Å². The molecule has 1 aliphatic heterocycles. The van der Waals surface area contributed by atoms with Gasteiger partial charge in [0.15, 0.2) is 0 Å². The molecule has 1 heterocycles. The summed E-state index contributed by atoms with van der Waals surface area (Å²) >= 11 is 0. The first-order chi connectivity index (χ1) is 7.68. The van der Waals surface area contributed by atoms with Gasteiger partial charge in [-0.2, -0.15) is 0 Å². The maximum atomic E-state index is 11.9. The molecule has 5 nitrogen and oxygen atoms in total. The van der Waals surface area contributed by atoms with Gasteiger partial charge in [0.25, 0.3) is 0 Å². The summed E-state index contributed by atoms with van der Waals surface area (Å²) in [4.78, 5) is 24.3. The lowest BCUT2D eigenvalue weighted by molar-refractivity contribution is -0.131. The van der Waals surface area contributed by atoms with Crippen LogP contribution in [0.25, 0.3) is 0 Å². The Morgan fingerprint density at radius 1 is 1.25 bits per heavy atom. The van der Waals surface area contributed by atoms with Crippen molar-refractivity contribution in [2.24, 2.45) is 0 Å². The molecule has 0 spiro atoms. The third kappa shape index (κ3) is 2.28. The highest BCUT2D eigenvalue weighted by Crippen LogP contribution is 2.26. The monoisotopic (exact) mass is 226 g/mol. The summed E-state index contributed by atoms with van der Waals surface area (Å²) in [5, 5.41) is 10.9. The molecule has 1 unspecified atom stereocenters. The van der Waals surface area contributed by atoms with Crippen LogP contribution < -0.4 is 5.32 Å². The van der Waals surface area contributed by atoms with E-state index in [2.05, 4.69) is 5.32 Å². The Morgan fingerprint density at radius 2 is 1.94 bits per heavy atom. The molecule has 2 N–H and O–H groups in total. The van der Waals surface area contributed by atoms with Crippen LogP contribution in [0, 0.1) is 0 Å². The van der Waals surface area contributed by atoms with Crippen molar-refractivity contribution in [3.05, 3.63) is 0 Å². The topological polar surface area (TPSA) is 69.6 Å². The lowest BCUT2D eigenvalue weighted by atomic mass is 9.94. The predicted octanol–water partition coefficient (Wildman–Crippen LogP) is 1.19. The van der Waals surface area contributed by atoms with Gasteiger partial charge in [-0.05, 0) is 19.3 Å². The zero-order chi connectivity index (χ0) is 11.5. The second-order valence-electron chi connectivity index (χ2n) is 4.61. The van der Waals surface area contributed by atoms with Gasteiger partial charge in [-0.1, -0.05) is 19.3 Å². The van der Waals surface area contributed by atoms with Crippen LogP contribution in [0.15, 0.2) is 0 Å². The zero-order valence-electron chi connectivity index (χ0n) is 9.32. The average Bonchev–Trinajstić information content (AvgIpc) is 2.61. The zero-order valence-corrected chi connectivity index (χ0v) is 9.32. The van der Waals surface area contributed by atoms with E-state index >= 15 is 0 Å². The molecule has 90 valence electrons. The van der Waals surface area contributed by atoms with Crippen LogP contribution in [0.2, 0.25) is 0 Å². The number of carbonyl (C=O) groups is 2. The van der Waals surface area contributed by atoms with Crippen molar-refractivity contribution in [3.63, 3.8) is 0 Å². The standard InChI is InChI=1S/C11H18N2O3/c14-10-9(12-11(15)16)6-7-13(10)8-4-2-1-3-5-8/h8-9,12H,1-7H2,(H,15,16). The molecule has 1 saturated carbocycles. The van der Waals surface area contributed by atoms with E-state index in [1.165, 1.54) is 19.3 Å². The number of carboxylic acid groups (broad SMARTS) is 1. The molecule has 0 bridgehead atoms. The van der Waals surface area contributed by atoms with Gasteiger partial charge < -0.3 is 15.3 Å². The summed E-state index contributed by atoms with van der Waals surface area (Å²) in [5.41, 5.74) is 0. The molecule has 1 saturated heterocycles. The predicted molar refractivity (Wildman–Crippen MR) is 58.2 cm³/mol. The number of amides is 2. The van der Waals surface area contributed by atoms with Gasteiger partial charge in [0.05, 0.1) is 0 Å². The van der Waals surface area contributed by atoms with E-state index in [0.717, 1.165) is 12.8 Å². The molecule has 0 aromatic rings. The minimum atomic E-state index is -1.11. The van der Waals surface area contributed by atoms with Gasteiger partial charge in [-0.15, -0.1) is 0 Å². The summed E-state index contributed by atoms with van der Waals surface area (Å²) in [5.74, 6) is -0.0331. The van der Waals surface area contributed by atoms with Gasteiger partial charge in [-0.25, -0.2) is 4.79 Å². The van der Waals surface area contributed by atoms with E-state index < -0.39 is 12.1 Å². The van der Waals surface area contributed by atoms with Gasteiger partial charge in [-0.3, -0.25) is 4.79 Å². The molecule has 5 heteroatoms. The molecule has 2 amide bonds. The summed E-state index contributed by atoms with van der Waals surface area (Å²) in [7, 11) is 0. The van der Waals surface area contributed by atoms with Crippen LogP contribution in [-0.2, 0) is 4.79 Å². The van der Waals surface area contributed by atoms with Crippen LogP contribution in [0.3, 0.4) is 0 Å². The first-order valence-corrected chi connectivity index (χ1v) is 5.98. The Labute approximate surface area is 94.8 Å². The second-order valence-corrected chi connectivity index (χ2v) is 4.61. The highest BCUT2D eigenvalue weighted by Gasteiger charge is 2.36. The van der Waals surface area contributed by atoms with Crippen molar-refractivity contribution in [2.45, 2.75) is 50.6 Å². The lowest BCUT2D eigenvalue weighted by Gasteiger charge is -2.31. The van der Waals surface area contributed by atoms with E-state index in [4.69, 9.17) is 5.11 Å². The molecule has 1 atom stereocenters. The summed E-state index contributed by atoms with van der Waals surface area (Å²) in [6.45, 7) is 0.703. The van der Waals surface area contributed by atoms with Crippen molar-refractivity contribution in [3.8, 4) is 0 Å². The molecular weight excluding hydrogens is 208 g/mol. The van der Waals surface area contributed by atoms with Crippen LogP contribution in [-0.4, -0.2) is 40.6 Å². The van der Waals surface area contributed by atoms with E-state index in [1.807, 2.05) is 4.90 Å². The molecule has 16 heavy (non-hydrogen) atoms. The molecule has 0 aromatic heterocycles. The number of nitrogens with one attached hydrogen (secondary N) is 1. The van der Waals surface area contributed by atoms with Crippen LogP contribution in [0.4, 0.5) is 4.79 Å². The molecule has 2 aliphatic rings. The third-order valence-corrected chi connectivity index (χ3v) is 3.55. The fourth-order valence-electron chi connectivity index (χ4n) is 2.74. The van der Waals surface area contributed by atoms with Crippen LogP contribution in [0.5, 0.6) is 0 Å². The Hall–Kier alpha value is -1.26. The number of carbonyl (C=O) groups excluding carboxylic acids is 1. The Kier molecular flexibility index (Phi) is 3.31. The van der Waals surface area contributed by atoms with Crippen molar-refractivity contribution < 1.29 is 14.7 Å². The molecular formula is C11H18N2O3. The minimum absolute atomic E-state index is 0.0331. The smallest absolute Gasteiger partial charge is 0.405 e. The largest absolute Gasteiger partial charge is 0.465 e. The van der Waals surface area contributed by atoms with Crippen LogP contribution in [0.1, 0.15) is 38.5 Å². The normalized spacial score (nSPS) is 27.1. The fraction of sp³-hybridized carbons (Fsp3) is 0.818. The number of likely N-dealkylation sites (tertiary alicyclic amines) is 1. The molecule has 0 radical (unpaired) electrons. The van der Waals surface area contributed by atoms with E-state index in [0.29, 0.717) is 19.0 Å². The first-order valence-electron chi connectivity index (χ1n) is 5.98. The Bertz CT molecular complexity index is 287. The molecule has 2 rings (SSSR count).